The van der Waals surface area contributed by atoms with E-state index in [-0.39, 0.29) is 17.0 Å². The third-order valence-corrected chi connectivity index (χ3v) is 6.88. The van der Waals surface area contributed by atoms with Gasteiger partial charge in [-0.05, 0) is 51.2 Å². The van der Waals surface area contributed by atoms with Crippen LogP contribution in [0.25, 0.3) is 5.78 Å². The second-order valence-corrected chi connectivity index (χ2v) is 9.35. The monoisotopic (exact) mass is 455 g/mol. The molecule has 2 bridgehead atoms. The van der Waals surface area contributed by atoms with E-state index in [1.165, 1.54) is 6.20 Å². The Hall–Kier alpha value is -3.27. The topological polar surface area (TPSA) is 109 Å². The first-order valence-electron chi connectivity index (χ1n) is 11.1. The SMILES string of the molecule is C/C(=C\C=C/N(C=O)C1CC1)NC(=O)c1cn2cc(C34CCC(CF)(C3)OC4)nc2[nH]c1=O. The normalized spacial score (nSPS) is 26.9. The summed E-state index contributed by atoms with van der Waals surface area (Å²) in [4.78, 5) is 45.1. The molecule has 1 aliphatic heterocycles. The number of carbonyl (C=O) groups is 2. The minimum Gasteiger partial charge on any atom is -0.371 e. The van der Waals surface area contributed by atoms with Crippen LogP contribution in [0.3, 0.4) is 0 Å². The van der Waals surface area contributed by atoms with Crippen LogP contribution in [-0.2, 0) is 14.9 Å². The number of rotatable bonds is 8. The summed E-state index contributed by atoms with van der Waals surface area (Å²) in [7, 11) is 0. The van der Waals surface area contributed by atoms with Crippen LogP contribution in [0.5, 0.6) is 0 Å². The van der Waals surface area contributed by atoms with Gasteiger partial charge in [0.15, 0.2) is 0 Å². The number of ether oxygens (including phenoxy) is 1. The highest BCUT2D eigenvalue weighted by atomic mass is 19.1. The van der Waals surface area contributed by atoms with E-state index in [1.807, 2.05) is 0 Å². The molecule has 0 spiro atoms. The van der Waals surface area contributed by atoms with Gasteiger partial charge in [0.1, 0.15) is 12.2 Å². The van der Waals surface area contributed by atoms with Crippen molar-refractivity contribution in [3.05, 3.63) is 58.1 Å². The van der Waals surface area contributed by atoms with Crippen molar-refractivity contribution < 1.29 is 18.7 Å². The van der Waals surface area contributed by atoms with E-state index in [0.717, 1.165) is 31.4 Å². The maximum Gasteiger partial charge on any atom is 0.265 e. The average molecular weight is 455 g/mol. The van der Waals surface area contributed by atoms with Crippen LogP contribution in [0.15, 0.2) is 41.2 Å². The first kappa shape index (κ1) is 21.6. The van der Waals surface area contributed by atoms with Crippen LogP contribution in [0.1, 0.15) is 55.1 Å². The predicted molar refractivity (Wildman–Crippen MR) is 117 cm³/mol. The molecule has 0 aromatic carbocycles. The van der Waals surface area contributed by atoms with Crippen molar-refractivity contribution in [2.24, 2.45) is 0 Å². The highest BCUT2D eigenvalue weighted by Crippen LogP contribution is 2.53. The summed E-state index contributed by atoms with van der Waals surface area (Å²) in [6.45, 7) is 1.58. The minimum atomic E-state index is -0.714. The van der Waals surface area contributed by atoms with Gasteiger partial charge in [0, 0.05) is 35.7 Å². The van der Waals surface area contributed by atoms with Crippen LogP contribution in [0.4, 0.5) is 4.39 Å². The van der Waals surface area contributed by atoms with Gasteiger partial charge in [-0.3, -0.25) is 23.8 Å². The molecule has 2 aliphatic carbocycles. The Morgan fingerprint density at radius 3 is 2.88 bits per heavy atom. The van der Waals surface area contributed by atoms with Crippen molar-refractivity contribution in [3.8, 4) is 0 Å². The Balaban J connectivity index is 1.33. The second kappa shape index (κ2) is 7.95. The van der Waals surface area contributed by atoms with E-state index in [9.17, 15) is 18.8 Å². The van der Waals surface area contributed by atoms with Crippen molar-refractivity contribution in [3.63, 3.8) is 0 Å². The van der Waals surface area contributed by atoms with Crippen LogP contribution < -0.4 is 10.9 Å². The average Bonchev–Trinajstić information content (AvgIpc) is 3.29. The number of hydrogen-bond donors (Lipinski definition) is 2. The molecule has 5 rings (SSSR count). The van der Waals surface area contributed by atoms with Crippen LogP contribution in [0, 0.1) is 0 Å². The molecule has 2 N–H and O–H groups in total. The first-order chi connectivity index (χ1) is 15.9. The summed E-state index contributed by atoms with van der Waals surface area (Å²) in [6, 6.07) is 0.264. The molecule has 10 heteroatoms. The zero-order chi connectivity index (χ0) is 23.2. The molecular weight excluding hydrogens is 429 g/mol. The summed E-state index contributed by atoms with van der Waals surface area (Å²) in [6.07, 6.45) is 13.0. The van der Waals surface area contributed by atoms with Crippen molar-refractivity contribution in [2.75, 3.05) is 13.3 Å². The molecule has 0 radical (unpaired) electrons. The Morgan fingerprint density at radius 1 is 1.42 bits per heavy atom. The summed E-state index contributed by atoms with van der Waals surface area (Å²) in [5.41, 5.74) is -0.418. The molecule has 33 heavy (non-hydrogen) atoms. The molecule has 174 valence electrons. The lowest BCUT2D eigenvalue weighted by molar-refractivity contribution is -0.116. The summed E-state index contributed by atoms with van der Waals surface area (Å²) >= 11 is 0. The van der Waals surface area contributed by atoms with Gasteiger partial charge in [-0.2, -0.15) is 0 Å². The van der Waals surface area contributed by atoms with Gasteiger partial charge in [-0.1, -0.05) is 0 Å². The fourth-order valence-corrected chi connectivity index (χ4v) is 4.80. The summed E-state index contributed by atoms with van der Waals surface area (Å²) in [5.74, 6) is -0.223. The van der Waals surface area contributed by atoms with Crippen LogP contribution >= 0.6 is 0 Å². The standard InChI is InChI=1S/C23H26FN5O4/c1-15(3-2-8-28(14-30)16-4-5-16)25-19(31)17-9-29-10-18(26-21(29)27-20(17)32)22-6-7-23(11-22,12-24)33-13-22/h2-3,8-10,14,16H,4-7,11-13H2,1H3,(H,25,31)(H,26,27,32)/b8-2-,15-3+. The Labute approximate surface area is 189 Å². The molecule has 2 atom stereocenters. The highest BCUT2D eigenvalue weighted by Gasteiger charge is 2.57. The fraction of sp³-hybridized carbons (Fsp3) is 0.478. The molecule has 3 aliphatic rings. The highest BCUT2D eigenvalue weighted by molar-refractivity contribution is 5.94. The molecule has 3 fully saturated rings. The van der Waals surface area contributed by atoms with E-state index < -0.39 is 23.7 Å². The first-order valence-corrected chi connectivity index (χ1v) is 11.1. The quantitative estimate of drug-likeness (QED) is 0.467. The predicted octanol–water partition coefficient (Wildman–Crippen LogP) is 1.95. The third-order valence-electron chi connectivity index (χ3n) is 6.88. The zero-order valence-electron chi connectivity index (χ0n) is 18.3. The number of hydrogen-bond acceptors (Lipinski definition) is 5. The molecule has 2 amide bonds. The number of allylic oxidation sites excluding steroid dienone is 3. The van der Waals surface area contributed by atoms with Crippen LogP contribution in [0.2, 0.25) is 0 Å². The van der Waals surface area contributed by atoms with Crippen molar-refractivity contribution in [1.82, 2.24) is 24.6 Å². The number of aromatic nitrogens is 3. The lowest BCUT2D eigenvalue weighted by Crippen LogP contribution is -2.29. The number of nitrogens with zero attached hydrogens (tertiary/aromatic N) is 3. The lowest BCUT2D eigenvalue weighted by Gasteiger charge is -2.25. The Bertz CT molecular complexity index is 1220. The number of amides is 2. The van der Waals surface area contributed by atoms with Gasteiger partial charge in [0.25, 0.3) is 11.5 Å². The van der Waals surface area contributed by atoms with Crippen molar-refractivity contribution in [1.29, 1.82) is 0 Å². The number of fused-ring (bicyclic) bond motifs is 3. The van der Waals surface area contributed by atoms with E-state index in [4.69, 9.17) is 4.74 Å². The summed E-state index contributed by atoms with van der Waals surface area (Å²) in [5, 5.41) is 2.69. The number of H-pyrrole nitrogens is 1. The smallest absolute Gasteiger partial charge is 0.265 e. The number of alkyl halides is 1. The molecule has 3 heterocycles. The lowest BCUT2D eigenvalue weighted by atomic mass is 9.84. The maximum atomic E-state index is 13.5. The fourth-order valence-electron chi connectivity index (χ4n) is 4.80. The molecule has 2 aromatic heterocycles. The second-order valence-electron chi connectivity index (χ2n) is 9.35. The third kappa shape index (κ3) is 3.88. The molecule has 2 saturated carbocycles. The Kier molecular flexibility index (Phi) is 5.19. The molecule has 2 unspecified atom stereocenters. The zero-order valence-corrected chi connectivity index (χ0v) is 18.3. The molecule has 2 aromatic rings. The van der Waals surface area contributed by atoms with E-state index in [2.05, 4.69) is 15.3 Å². The number of halogens is 1. The summed E-state index contributed by atoms with van der Waals surface area (Å²) < 4.78 is 20.8. The molecule has 9 nitrogen and oxygen atoms in total. The van der Waals surface area contributed by atoms with Crippen LogP contribution in [-0.4, -0.2) is 56.5 Å². The van der Waals surface area contributed by atoms with Gasteiger partial charge in [-0.25, -0.2) is 9.37 Å². The number of aromatic amines is 1. The largest absolute Gasteiger partial charge is 0.371 e. The van der Waals surface area contributed by atoms with Gasteiger partial charge >= 0.3 is 0 Å². The molecular formula is C23H26FN5O4. The van der Waals surface area contributed by atoms with Gasteiger partial charge < -0.3 is 15.0 Å². The van der Waals surface area contributed by atoms with E-state index in [1.54, 1.807) is 40.8 Å². The van der Waals surface area contributed by atoms with Gasteiger partial charge in [0.05, 0.1) is 17.9 Å². The minimum absolute atomic E-state index is 0.0552. The van der Waals surface area contributed by atoms with Crippen molar-refractivity contribution >= 4 is 18.1 Å². The maximum absolute atomic E-state index is 13.5. The number of imidazole rings is 1. The van der Waals surface area contributed by atoms with Gasteiger partial charge in [0.2, 0.25) is 12.2 Å². The van der Waals surface area contributed by atoms with Gasteiger partial charge in [-0.15, -0.1) is 0 Å². The molecule has 1 saturated heterocycles. The van der Waals surface area contributed by atoms with Crippen molar-refractivity contribution in [2.45, 2.75) is 56.1 Å². The van der Waals surface area contributed by atoms with E-state index in [0.29, 0.717) is 30.9 Å². The van der Waals surface area contributed by atoms with E-state index >= 15 is 0 Å². The number of nitrogens with one attached hydrogen (secondary N) is 2. The Morgan fingerprint density at radius 2 is 2.24 bits per heavy atom. The number of carbonyl (C=O) groups excluding carboxylic acids is 2.